The Labute approximate surface area is 124 Å². The summed E-state index contributed by atoms with van der Waals surface area (Å²) in [6.45, 7) is 0.957. The zero-order chi connectivity index (χ0) is 15.2. The van der Waals surface area contributed by atoms with Crippen molar-refractivity contribution in [2.75, 3.05) is 33.8 Å². The van der Waals surface area contributed by atoms with Crippen molar-refractivity contribution in [3.8, 4) is 11.5 Å². The zero-order valence-electron chi connectivity index (χ0n) is 12.4. The Morgan fingerprint density at radius 2 is 2.19 bits per heavy atom. The maximum absolute atomic E-state index is 12.4. The number of hydrogen-bond acceptors (Lipinski definition) is 4. The van der Waals surface area contributed by atoms with Gasteiger partial charge in [0.25, 0.3) is 0 Å². The molecule has 4 nitrogen and oxygen atoms in total. The molecule has 1 atom stereocenters. The van der Waals surface area contributed by atoms with Crippen LogP contribution in [-0.2, 0) is 6.54 Å². The van der Waals surface area contributed by atoms with Crippen molar-refractivity contribution in [2.24, 2.45) is 5.92 Å². The number of benzene rings is 1. The van der Waals surface area contributed by atoms with Crippen LogP contribution in [0, 0.1) is 5.92 Å². The van der Waals surface area contributed by atoms with Gasteiger partial charge in [0.1, 0.15) is 0 Å². The van der Waals surface area contributed by atoms with Crippen LogP contribution < -0.4 is 14.8 Å². The van der Waals surface area contributed by atoms with E-state index in [0.717, 1.165) is 25.2 Å². The normalized spacial score (nSPS) is 19.2. The van der Waals surface area contributed by atoms with Crippen molar-refractivity contribution in [2.45, 2.75) is 19.6 Å². The second-order valence-corrected chi connectivity index (χ2v) is 5.41. The van der Waals surface area contributed by atoms with E-state index >= 15 is 0 Å². The van der Waals surface area contributed by atoms with Crippen LogP contribution in [0.25, 0.3) is 0 Å². The lowest BCUT2D eigenvalue weighted by atomic mass is 10.1. The van der Waals surface area contributed by atoms with Gasteiger partial charge < -0.3 is 19.7 Å². The van der Waals surface area contributed by atoms with Crippen LogP contribution in [0.3, 0.4) is 0 Å². The number of alkyl halides is 2. The summed E-state index contributed by atoms with van der Waals surface area (Å²) in [4.78, 5) is 2.31. The first-order chi connectivity index (χ1) is 10.1. The first kappa shape index (κ1) is 16.0. The van der Waals surface area contributed by atoms with Crippen molar-refractivity contribution in [3.63, 3.8) is 0 Å². The third-order valence-electron chi connectivity index (χ3n) is 3.70. The lowest BCUT2D eigenvalue weighted by Gasteiger charge is -2.14. The van der Waals surface area contributed by atoms with Crippen molar-refractivity contribution >= 4 is 0 Å². The molecule has 21 heavy (non-hydrogen) atoms. The standard InChI is InChI=1S/C15H22F2N2O2/c1-19-6-5-12(10-19)9-18-8-11-3-4-13(20-2)14(7-11)21-15(16)17/h3-4,7,12,15,18H,5-6,8-10H2,1-2H3. The van der Waals surface area contributed by atoms with Crippen LogP contribution in [0.4, 0.5) is 8.78 Å². The van der Waals surface area contributed by atoms with Gasteiger partial charge in [0, 0.05) is 13.1 Å². The molecule has 1 N–H and O–H groups in total. The van der Waals surface area contributed by atoms with Crippen LogP contribution in [0.1, 0.15) is 12.0 Å². The molecule has 1 fully saturated rings. The number of rotatable bonds is 7. The molecule has 6 heteroatoms. The van der Waals surface area contributed by atoms with Gasteiger partial charge in [-0.25, -0.2) is 0 Å². The van der Waals surface area contributed by atoms with Crippen LogP contribution in [0.15, 0.2) is 18.2 Å². The molecule has 1 aliphatic heterocycles. The molecule has 1 aliphatic rings. The molecule has 0 amide bonds. The Balaban J connectivity index is 1.87. The van der Waals surface area contributed by atoms with Gasteiger partial charge in [0.2, 0.25) is 0 Å². The van der Waals surface area contributed by atoms with E-state index in [1.165, 1.54) is 13.5 Å². The Morgan fingerprint density at radius 3 is 2.81 bits per heavy atom. The number of nitrogens with zero attached hydrogens (tertiary/aromatic N) is 1. The number of hydrogen-bond donors (Lipinski definition) is 1. The fourth-order valence-electron chi connectivity index (χ4n) is 2.63. The summed E-state index contributed by atoms with van der Waals surface area (Å²) in [6.07, 6.45) is 1.20. The fourth-order valence-corrected chi connectivity index (χ4v) is 2.63. The Bertz CT molecular complexity index is 457. The lowest BCUT2D eigenvalue weighted by Crippen LogP contribution is -2.24. The number of halogens is 2. The largest absolute Gasteiger partial charge is 0.493 e. The van der Waals surface area contributed by atoms with Crippen molar-refractivity contribution in [1.29, 1.82) is 0 Å². The topological polar surface area (TPSA) is 33.7 Å². The minimum absolute atomic E-state index is 0.0763. The van der Waals surface area contributed by atoms with E-state index in [-0.39, 0.29) is 5.75 Å². The molecule has 0 spiro atoms. The van der Waals surface area contributed by atoms with E-state index in [4.69, 9.17) is 4.74 Å². The SMILES string of the molecule is COc1ccc(CNCC2CCN(C)C2)cc1OC(F)F. The molecule has 1 saturated heterocycles. The zero-order valence-corrected chi connectivity index (χ0v) is 12.4. The number of ether oxygens (including phenoxy) is 2. The van der Waals surface area contributed by atoms with E-state index in [2.05, 4.69) is 22.0 Å². The minimum Gasteiger partial charge on any atom is -0.493 e. The summed E-state index contributed by atoms with van der Waals surface area (Å²) in [5, 5.41) is 3.37. The van der Waals surface area contributed by atoms with Gasteiger partial charge in [-0.3, -0.25) is 0 Å². The third-order valence-corrected chi connectivity index (χ3v) is 3.70. The molecule has 1 aromatic rings. The highest BCUT2D eigenvalue weighted by Crippen LogP contribution is 2.29. The molecule has 1 unspecified atom stereocenters. The predicted octanol–water partition coefficient (Wildman–Crippen LogP) is 2.34. The molecule has 0 aromatic heterocycles. The maximum atomic E-state index is 12.4. The van der Waals surface area contributed by atoms with E-state index in [1.807, 2.05) is 6.07 Å². The number of likely N-dealkylation sites (tertiary alicyclic amines) is 1. The molecule has 1 aromatic carbocycles. The predicted molar refractivity (Wildman–Crippen MR) is 76.9 cm³/mol. The second-order valence-electron chi connectivity index (χ2n) is 5.41. The quantitative estimate of drug-likeness (QED) is 0.838. The summed E-state index contributed by atoms with van der Waals surface area (Å²) >= 11 is 0. The monoisotopic (exact) mass is 300 g/mol. The Hall–Kier alpha value is -1.40. The summed E-state index contributed by atoms with van der Waals surface area (Å²) in [5.74, 6) is 1.05. The summed E-state index contributed by atoms with van der Waals surface area (Å²) in [6, 6.07) is 5.10. The highest BCUT2D eigenvalue weighted by atomic mass is 19.3. The molecule has 0 radical (unpaired) electrons. The van der Waals surface area contributed by atoms with E-state index in [1.54, 1.807) is 12.1 Å². The van der Waals surface area contributed by atoms with Gasteiger partial charge in [-0.15, -0.1) is 0 Å². The van der Waals surface area contributed by atoms with Gasteiger partial charge in [0.05, 0.1) is 7.11 Å². The first-order valence-corrected chi connectivity index (χ1v) is 7.09. The van der Waals surface area contributed by atoms with Crippen molar-refractivity contribution in [3.05, 3.63) is 23.8 Å². The maximum Gasteiger partial charge on any atom is 0.387 e. The number of methoxy groups -OCH3 is 1. The summed E-state index contributed by atoms with van der Waals surface area (Å²) in [5.41, 5.74) is 0.901. The molecular formula is C15H22F2N2O2. The highest BCUT2D eigenvalue weighted by Gasteiger charge is 2.18. The summed E-state index contributed by atoms with van der Waals surface area (Å²) in [7, 11) is 3.56. The van der Waals surface area contributed by atoms with E-state index in [9.17, 15) is 8.78 Å². The van der Waals surface area contributed by atoms with E-state index in [0.29, 0.717) is 18.2 Å². The van der Waals surface area contributed by atoms with Gasteiger partial charge in [-0.1, -0.05) is 6.07 Å². The molecule has 1 heterocycles. The minimum atomic E-state index is -2.85. The van der Waals surface area contributed by atoms with Crippen molar-refractivity contribution < 1.29 is 18.3 Å². The van der Waals surface area contributed by atoms with Crippen LogP contribution in [0.5, 0.6) is 11.5 Å². The Kier molecular flexibility index (Phi) is 5.76. The smallest absolute Gasteiger partial charge is 0.387 e. The van der Waals surface area contributed by atoms with E-state index < -0.39 is 6.61 Å². The average molecular weight is 300 g/mol. The third kappa shape index (κ3) is 4.82. The first-order valence-electron chi connectivity index (χ1n) is 7.09. The number of nitrogens with one attached hydrogen (secondary N) is 1. The molecule has 2 rings (SSSR count). The van der Waals surface area contributed by atoms with Crippen molar-refractivity contribution in [1.82, 2.24) is 10.2 Å². The Morgan fingerprint density at radius 1 is 1.38 bits per heavy atom. The molecule has 0 bridgehead atoms. The van der Waals surface area contributed by atoms with Crippen LogP contribution in [-0.4, -0.2) is 45.3 Å². The molecule has 0 aliphatic carbocycles. The van der Waals surface area contributed by atoms with Gasteiger partial charge in [-0.05, 0) is 50.2 Å². The second kappa shape index (κ2) is 7.56. The van der Waals surface area contributed by atoms with Gasteiger partial charge in [-0.2, -0.15) is 8.78 Å². The van der Waals surface area contributed by atoms with Gasteiger partial charge in [0.15, 0.2) is 11.5 Å². The average Bonchev–Trinajstić information content (AvgIpc) is 2.84. The molecular weight excluding hydrogens is 278 g/mol. The van der Waals surface area contributed by atoms with Crippen LogP contribution in [0.2, 0.25) is 0 Å². The fraction of sp³-hybridized carbons (Fsp3) is 0.600. The highest BCUT2D eigenvalue weighted by molar-refractivity contribution is 5.42. The van der Waals surface area contributed by atoms with Gasteiger partial charge >= 0.3 is 6.61 Å². The molecule has 118 valence electrons. The lowest BCUT2D eigenvalue weighted by molar-refractivity contribution is -0.0512. The summed E-state index contributed by atoms with van der Waals surface area (Å²) < 4.78 is 34.2. The molecule has 0 saturated carbocycles. The van der Waals surface area contributed by atoms with Crippen LogP contribution >= 0.6 is 0 Å².